The van der Waals surface area contributed by atoms with Crippen LogP contribution in [0, 0.1) is 17.8 Å². The summed E-state index contributed by atoms with van der Waals surface area (Å²) >= 11 is 0. The molecular weight excluding hydrogens is 446 g/mol. The van der Waals surface area contributed by atoms with Crippen molar-refractivity contribution in [2.24, 2.45) is 17.8 Å². The normalized spacial score (nSPS) is 20.6. The molecule has 1 aliphatic heterocycles. The molecule has 6 atom stereocenters. The van der Waals surface area contributed by atoms with Crippen molar-refractivity contribution < 1.29 is 24.3 Å². The molecule has 1 heterocycles. The molecule has 0 aromatic heterocycles. The van der Waals surface area contributed by atoms with Gasteiger partial charge in [0.05, 0.1) is 6.04 Å². The lowest BCUT2D eigenvalue weighted by Crippen LogP contribution is -2.55. The maximum Gasteiger partial charge on any atom is 0.326 e. The van der Waals surface area contributed by atoms with Crippen LogP contribution in [0.25, 0.3) is 5.57 Å². The summed E-state index contributed by atoms with van der Waals surface area (Å²) in [5.74, 6) is -2.64. The van der Waals surface area contributed by atoms with Crippen molar-refractivity contribution in [2.45, 2.75) is 78.9 Å². The Labute approximate surface area is 207 Å². The Kier molecular flexibility index (Phi) is 10.0. The van der Waals surface area contributed by atoms with Crippen molar-refractivity contribution in [1.82, 2.24) is 16.0 Å². The molecule has 0 aliphatic carbocycles. The van der Waals surface area contributed by atoms with Crippen LogP contribution in [0.5, 0.6) is 0 Å². The van der Waals surface area contributed by atoms with Crippen LogP contribution in [0.15, 0.2) is 30.3 Å². The average molecular weight is 486 g/mol. The zero-order valence-electron chi connectivity index (χ0n) is 21.6. The molecule has 0 bridgehead atoms. The van der Waals surface area contributed by atoms with E-state index in [1.807, 2.05) is 46.8 Å². The molecule has 192 valence electrons. The Morgan fingerprint density at radius 1 is 0.943 bits per heavy atom. The number of hydrogen-bond acceptors (Lipinski definition) is 4. The van der Waals surface area contributed by atoms with Crippen molar-refractivity contribution in [2.75, 3.05) is 0 Å². The lowest BCUT2D eigenvalue weighted by molar-refractivity contribution is -0.144. The quantitative estimate of drug-likeness (QED) is 0.358. The molecule has 8 nitrogen and oxygen atoms in total. The van der Waals surface area contributed by atoms with Crippen LogP contribution in [0.4, 0.5) is 0 Å². The summed E-state index contributed by atoms with van der Waals surface area (Å²) in [7, 11) is 0. The maximum atomic E-state index is 13.2. The standard InChI is InChI=1S/C27H39N3O5/c1-7-15(4)22-20(18-12-10-11-13-19(18)25(32)29-22)14-21(31)28-23(16(5)8-2)26(33)30-24(27(34)35)17(6)9-3/h10-17,22-24H,7-9H2,1-6H3,(H,28,31)(H,29,32)(H,30,33)(H,34,35)/b20-14+. The molecule has 0 radical (unpaired) electrons. The topological polar surface area (TPSA) is 125 Å². The summed E-state index contributed by atoms with van der Waals surface area (Å²) < 4.78 is 0. The number of fused-ring (bicyclic) bond motifs is 1. The van der Waals surface area contributed by atoms with E-state index in [9.17, 15) is 24.3 Å². The van der Waals surface area contributed by atoms with Crippen molar-refractivity contribution in [3.8, 4) is 0 Å². The van der Waals surface area contributed by atoms with Crippen LogP contribution in [0.1, 0.15) is 76.7 Å². The van der Waals surface area contributed by atoms with E-state index in [1.165, 1.54) is 6.08 Å². The van der Waals surface area contributed by atoms with Crippen LogP contribution < -0.4 is 16.0 Å². The molecule has 0 fully saturated rings. The fourth-order valence-corrected chi connectivity index (χ4v) is 4.21. The minimum absolute atomic E-state index is 0.0897. The van der Waals surface area contributed by atoms with Gasteiger partial charge in [-0.1, -0.05) is 79.0 Å². The summed E-state index contributed by atoms with van der Waals surface area (Å²) in [5, 5.41) is 18.0. The molecule has 0 saturated carbocycles. The van der Waals surface area contributed by atoms with Gasteiger partial charge >= 0.3 is 5.97 Å². The first kappa shape index (κ1) is 28.1. The SMILES string of the molecule is CCC(C)C(NC(=O)C(NC(=O)/C=C1\c2ccccc2C(=O)NC1C(C)CC)C(C)CC)C(=O)O. The number of rotatable bonds is 11. The Hall–Kier alpha value is -3.16. The number of aliphatic carboxylic acids is 1. The third-order valence-electron chi connectivity index (χ3n) is 7.17. The molecule has 6 unspecified atom stereocenters. The number of carboxylic acids is 1. The lowest BCUT2D eigenvalue weighted by atomic mass is 9.82. The molecular formula is C27H39N3O5. The molecule has 0 spiro atoms. The zero-order valence-corrected chi connectivity index (χ0v) is 21.6. The van der Waals surface area contributed by atoms with Gasteiger partial charge < -0.3 is 21.1 Å². The van der Waals surface area contributed by atoms with E-state index < -0.39 is 29.9 Å². The fraction of sp³-hybridized carbons (Fsp3) is 0.556. The van der Waals surface area contributed by atoms with Crippen molar-refractivity contribution >= 4 is 29.3 Å². The minimum atomic E-state index is -1.10. The van der Waals surface area contributed by atoms with Gasteiger partial charge in [0.1, 0.15) is 12.1 Å². The first-order valence-electron chi connectivity index (χ1n) is 12.5. The van der Waals surface area contributed by atoms with E-state index in [4.69, 9.17) is 0 Å². The van der Waals surface area contributed by atoms with Crippen LogP contribution >= 0.6 is 0 Å². The molecule has 2 rings (SSSR count). The van der Waals surface area contributed by atoms with Gasteiger partial charge in [0, 0.05) is 11.6 Å². The third kappa shape index (κ3) is 6.71. The van der Waals surface area contributed by atoms with Gasteiger partial charge in [-0.3, -0.25) is 14.4 Å². The van der Waals surface area contributed by atoms with Gasteiger partial charge in [0.25, 0.3) is 5.91 Å². The number of benzene rings is 1. The van der Waals surface area contributed by atoms with Gasteiger partial charge in [0.2, 0.25) is 11.8 Å². The largest absolute Gasteiger partial charge is 0.480 e. The summed E-state index contributed by atoms with van der Waals surface area (Å²) in [6.07, 6.45) is 3.47. The smallest absolute Gasteiger partial charge is 0.326 e. The predicted molar refractivity (Wildman–Crippen MR) is 136 cm³/mol. The average Bonchev–Trinajstić information content (AvgIpc) is 2.85. The molecule has 0 saturated heterocycles. The highest BCUT2D eigenvalue weighted by Crippen LogP contribution is 2.31. The minimum Gasteiger partial charge on any atom is -0.480 e. The molecule has 4 N–H and O–H groups in total. The van der Waals surface area contributed by atoms with Crippen molar-refractivity contribution in [3.05, 3.63) is 41.5 Å². The number of nitrogens with one attached hydrogen (secondary N) is 3. The fourth-order valence-electron chi connectivity index (χ4n) is 4.21. The van der Waals surface area contributed by atoms with E-state index >= 15 is 0 Å². The Morgan fingerprint density at radius 3 is 2.06 bits per heavy atom. The highest BCUT2D eigenvalue weighted by Gasteiger charge is 2.34. The summed E-state index contributed by atoms with van der Waals surface area (Å²) in [6, 6.07) is 4.87. The van der Waals surface area contributed by atoms with Crippen LogP contribution in [0.3, 0.4) is 0 Å². The summed E-state index contributed by atoms with van der Waals surface area (Å²) in [6.45, 7) is 11.4. The second-order valence-electron chi connectivity index (χ2n) is 9.56. The Bertz CT molecular complexity index is 973. The van der Waals surface area contributed by atoms with E-state index in [1.54, 1.807) is 19.1 Å². The molecule has 1 aromatic carbocycles. The van der Waals surface area contributed by atoms with Crippen molar-refractivity contribution in [1.29, 1.82) is 0 Å². The zero-order chi connectivity index (χ0) is 26.3. The summed E-state index contributed by atoms with van der Waals surface area (Å²) in [5.41, 5.74) is 1.89. The third-order valence-corrected chi connectivity index (χ3v) is 7.17. The van der Waals surface area contributed by atoms with Crippen LogP contribution in [0.2, 0.25) is 0 Å². The van der Waals surface area contributed by atoms with Crippen LogP contribution in [-0.2, 0) is 14.4 Å². The van der Waals surface area contributed by atoms with E-state index in [2.05, 4.69) is 16.0 Å². The van der Waals surface area contributed by atoms with Gasteiger partial charge in [-0.25, -0.2) is 4.79 Å². The Morgan fingerprint density at radius 2 is 1.51 bits per heavy atom. The van der Waals surface area contributed by atoms with E-state index in [-0.39, 0.29) is 29.7 Å². The Balaban J connectivity index is 2.37. The highest BCUT2D eigenvalue weighted by molar-refractivity contribution is 6.07. The van der Waals surface area contributed by atoms with Crippen LogP contribution in [-0.4, -0.2) is 46.9 Å². The van der Waals surface area contributed by atoms with Crippen molar-refractivity contribution in [3.63, 3.8) is 0 Å². The number of hydrogen-bond donors (Lipinski definition) is 4. The molecule has 1 aromatic rings. The first-order valence-corrected chi connectivity index (χ1v) is 12.5. The number of carbonyl (C=O) groups is 4. The second kappa shape index (κ2) is 12.5. The number of amides is 3. The van der Waals surface area contributed by atoms with Gasteiger partial charge in [0.15, 0.2) is 0 Å². The van der Waals surface area contributed by atoms with Gasteiger partial charge in [-0.2, -0.15) is 0 Å². The number of carboxylic acid groups (broad SMARTS) is 1. The lowest BCUT2D eigenvalue weighted by Gasteiger charge is -2.33. The monoisotopic (exact) mass is 485 g/mol. The predicted octanol–water partition coefficient (Wildman–Crippen LogP) is 3.37. The molecule has 1 aliphatic rings. The first-order chi connectivity index (χ1) is 16.5. The maximum absolute atomic E-state index is 13.2. The summed E-state index contributed by atoms with van der Waals surface area (Å²) in [4.78, 5) is 50.7. The molecule has 35 heavy (non-hydrogen) atoms. The van der Waals surface area contributed by atoms with E-state index in [0.29, 0.717) is 29.5 Å². The number of carbonyl (C=O) groups excluding carboxylic acids is 3. The van der Waals surface area contributed by atoms with E-state index in [0.717, 1.165) is 6.42 Å². The van der Waals surface area contributed by atoms with Gasteiger partial charge in [-0.05, 0) is 35.0 Å². The molecule has 8 heteroatoms. The second-order valence-corrected chi connectivity index (χ2v) is 9.56. The van der Waals surface area contributed by atoms with Gasteiger partial charge in [-0.15, -0.1) is 0 Å². The highest BCUT2D eigenvalue weighted by atomic mass is 16.4. The molecule has 3 amide bonds.